The summed E-state index contributed by atoms with van der Waals surface area (Å²) in [5.41, 5.74) is 8.59. The number of terminal acetylenes is 1. The quantitative estimate of drug-likeness (QED) is 0.743. The van der Waals surface area contributed by atoms with Gasteiger partial charge in [0.15, 0.2) is 0 Å². The lowest BCUT2D eigenvalue weighted by atomic mass is 9.88. The SMILES string of the molecule is C#CCOc1ccc2c(c1)CCCC2N. The molecular weight excluding hydrogens is 186 g/mol. The lowest BCUT2D eigenvalue weighted by Crippen LogP contribution is -2.17. The summed E-state index contributed by atoms with van der Waals surface area (Å²) < 4.78 is 5.38. The number of hydrogen-bond acceptors (Lipinski definition) is 2. The largest absolute Gasteiger partial charge is 0.481 e. The van der Waals surface area contributed by atoms with E-state index in [1.807, 2.05) is 6.07 Å². The van der Waals surface area contributed by atoms with Crippen molar-refractivity contribution in [3.05, 3.63) is 29.3 Å². The normalized spacial score (nSPS) is 19.1. The molecule has 1 unspecified atom stereocenters. The highest BCUT2D eigenvalue weighted by atomic mass is 16.5. The molecule has 0 saturated heterocycles. The summed E-state index contributed by atoms with van der Waals surface area (Å²) in [6, 6.07) is 6.26. The van der Waals surface area contributed by atoms with Gasteiger partial charge >= 0.3 is 0 Å². The van der Waals surface area contributed by atoms with E-state index in [4.69, 9.17) is 16.9 Å². The molecule has 0 spiro atoms. The van der Waals surface area contributed by atoms with Crippen LogP contribution in [0, 0.1) is 12.3 Å². The van der Waals surface area contributed by atoms with E-state index >= 15 is 0 Å². The van der Waals surface area contributed by atoms with Crippen molar-refractivity contribution in [1.82, 2.24) is 0 Å². The van der Waals surface area contributed by atoms with Crippen LogP contribution in [0.4, 0.5) is 0 Å². The predicted octanol–water partition coefficient (Wildman–Crippen LogP) is 2.03. The zero-order valence-corrected chi connectivity index (χ0v) is 8.70. The number of hydrogen-bond donors (Lipinski definition) is 1. The number of nitrogens with two attached hydrogens (primary N) is 1. The standard InChI is InChI=1S/C13H15NO/c1-2-8-15-11-6-7-12-10(9-11)4-3-5-13(12)14/h1,6-7,9,13H,3-5,8,14H2. The summed E-state index contributed by atoms with van der Waals surface area (Å²) in [6.45, 7) is 0.324. The van der Waals surface area contributed by atoms with Crippen LogP contribution < -0.4 is 10.5 Å². The highest BCUT2D eigenvalue weighted by Crippen LogP contribution is 2.30. The van der Waals surface area contributed by atoms with Crippen LogP contribution >= 0.6 is 0 Å². The third kappa shape index (κ3) is 2.14. The smallest absolute Gasteiger partial charge is 0.148 e. The molecule has 2 heteroatoms. The second kappa shape index (κ2) is 4.37. The van der Waals surface area contributed by atoms with E-state index < -0.39 is 0 Å². The first kappa shape index (κ1) is 10.1. The summed E-state index contributed by atoms with van der Waals surface area (Å²) in [5, 5.41) is 0. The number of rotatable bonds is 2. The van der Waals surface area contributed by atoms with Crippen LogP contribution in [0.5, 0.6) is 5.75 Å². The summed E-state index contributed by atoms with van der Waals surface area (Å²) >= 11 is 0. The average molecular weight is 201 g/mol. The Bertz CT molecular complexity index is 392. The van der Waals surface area contributed by atoms with Gasteiger partial charge in [-0.05, 0) is 42.5 Å². The highest BCUT2D eigenvalue weighted by molar-refractivity contribution is 5.39. The first-order valence-electron chi connectivity index (χ1n) is 5.26. The van der Waals surface area contributed by atoms with Crippen molar-refractivity contribution in [1.29, 1.82) is 0 Å². The summed E-state index contributed by atoms with van der Waals surface area (Å²) in [4.78, 5) is 0. The topological polar surface area (TPSA) is 35.2 Å². The van der Waals surface area contributed by atoms with Gasteiger partial charge in [0.2, 0.25) is 0 Å². The molecule has 1 aliphatic rings. The molecule has 1 aromatic rings. The number of fused-ring (bicyclic) bond motifs is 1. The maximum absolute atomic E-state index is 6.02. The fourth-order valence-corrected chi connectivity index (χ4v) is 2.04. The Kier molecular flexibility index (Phi) is 2.94. The predicted molar refractivity (Wildman–Crippen MR) is 60.6 cm³/mol. The van der Waals surface area contributed by atoms with Crippen molar-refractivity contribution in [3.8, 4) is 18.1 Å². The van der Waals surface area contributed by atoms with Gasteiger partial charge in [-0.2, -0.15) is 0 Å². The van der Waals surface area contributed by atoms with Crippen LogP contribution in [0.15, 0.2) is 18.2 Å². The molecule has 0 fully saturated rings. The molecule has 0 heterocycles. The molecule has 15 heavy (non-hydrogen) atoms. The monoisotopic (exact) mass is 201 g/mol. The number of ether oxygens (including phenoxy) is 1. The van der Waals surface area contributed by atoms with Gasteiger partial charge < -0.3 is 10.5 Å². The van der Waals surface area contributed by atoms with E-state index in [2.05, 4.69) is 18.1 Å². The third-order valence-corrected chi connectivity index (χ3v) is 2.80. The Morgan fingerprint density at radius 1 is 1.53 bits per heavy atom. The average Bonchev–Trinajstić information content (AvgIpc) is 2.26. The van der Waals surface area contributed by atoms with E-state index in [0.717, 1.165) is 25.0 Å². The molecule has 0 bridgehead atoms. The molecule has 0 saturated carbocycles. The molecule has 0 aliphatic heterocycles. The molecule has 2 N–H and O–H groups in total. The van der Waals surface area contributed by atoms with Crippen LogP contribution in [0.1, 0.15) is 30.0 Å². The van der Waals surface area contributed by atoms with Gasteiger partial charge in [0.1, 0.15) is 12.4 Å². The van der Waals surface area contributed by atoms with E-state index in [0.29, 0.717) is 6.61 Å². The van der Waals surface area contributed by atoms with E-state index in [9.17, 15) is 0 Å². The van der Waals surface area contributed by atoms with Gasteiger partial charge in [-0.15, -0.1) is 6.42 Å². The highest BCUT2D eigenvalue weighted by Gasteiger charge is 2.16. The fourth-order valence-electron chi connectivity index (χ4n) is 2.04. The number of aryl methyl sites for hydroxylation is 1. The van der Waals surface area contributed by atoms with Gasteiger partial charge in [0.25, 0.3) is 0 Å². The van der Waals surface area contributed by atoms with Gasteiger partial charge in [-0.3, -0.25) is 0 Å². The van der Waals surface area contributed by atoms with Crippen LogP contribution in [0.25, 0.3) is 0 Å². The molecule has 2 rings (SSSR count). The van der Waals surface area contributed by atoms with Gasteiger partial charge in [0, 0.05) is 6.04 Å². The molecule has 0 aromatic heterocycles. The van der Waals surface area contributed by atoms with E-state index in [1.54, 1.807) is 0 Å². The summed E-state index contributed by atoms with van der Waals surface area (Å²) in [6.07, 6.45) is 8.48. The number of benzene rings is 1. The van der Waals surface area contributed by atoms with Crippen molar-refractivity contribution < 1.29 is 4.74 Å². The maximum atomic E-state index is 6.02. The van der Waals surface area contributed by atoms with Crippen molar-refractivity contribution >= 4 is 0 Å². The Morgan fingerprint density at radius 2 is 2.40 bits per heavy atom. The van der Waals surface area contributed by atoms with Gasteiger partial charge in [-0.25, -0.2) is 0 Å². The summed E-state index contributed by atoms with van der Waals surface area (Å²) in [7, 11) is 0. The van der Waals surface area contributed by atoms with E-state index in [1.165, 1.54) is 11.1 Å². The molecule has 2 nitrogen and oxygen atoms in total. The van der Waals surface area contributed by atoms with Crippen LogP contribution in [0.3, 0.4) is 0 Å². The molecule has 1 aromatic carbocycles. The fraction of sp³-hybridized carbons (Fsp3) is 0.385. The minimum Gasteiger partial charge on any atom is -0.481 e. The Morgan fingerprint density at radius 3 is 3.20 bits per heavy atom. The molecule has 0 radical (unpaired) electrons. The Hall–Kier alpha value is -1.46. The van der Waals surface area contributed by atoms with Crippen molar-refractivity contribution in [2.45, 2.75) is 25.3 Å². The molecular formula is C13H15NO. The first-order valence-corrected chi connectivity index (χ1v) is 5.26. The van der Waals surface area contributed by atoms with Gasteiger partial charge in [0.05, 0.1) is 0 Å². The van der Waals surface area contributed by atoms with Crippen molar-refractivity contribution in [3.63, 3.8) is 0 Å². The van der Waals surface area contributed by atoms with Crippen molar-refractivity contribution in [2.75, 3.05) is 6.61 Å². The van der Waals surface area contributed by atoms with Crippen LogP contribution in [-0.4, -0.2) is 6.61 Å². The van der Waals surface area contributed by atoms with Gasteiger partial charge in [-0.1, -0.05) is 12.0 Å². The minimum atomic E-state index is 0.190. The lowest BCUT2D eigenvalue weighted by molar-refractivity contribution is 0.369. The first-order chi connectivity index (χ1) is 7.31. The second-order valence-corrected chi connectivity index (χ2v) is 3.85. The molecule has 78 valence electrons. The van der Waals surface area contributed by atoms with Crippen LogP contribution in [0.2, 0.25) is 0 Å². The molecule has 1 aliphatic carbocycles. The lowest BCUT2D eigenvalue weighted by Gasteiger charge is -2.22. The third-order valence-electron chi connectivity index (χ3n) is 2.80. The maximum Gasteiger partial charge on any atom is 0.148 e. The molecule has 1 atom stereocenters. The van der Waals surface area contributed by atoms with E-state index in [-0.39, 0.29) is 6.04 Å². The Balaban J connectivity index is 2.22. The Labute approximate surface area is 90.4 Å². The second-order valence-electron chi connectivity index (χ2n) is 3.85. The molecule has 0 amide bonds. The van der Waals surface area contributed by atoms with Crippen LogP contribution in [-0.2, 0) is 6.42 Å². The summed E-state index contributed by atoms with van der Waals surface area (Å²) in [5.74, 6) is 3.31. The zero-order chi connectivity index (χ0) is 10.7. The van der Waals surface area contributed by atoms with Crippen molar-refractivity contribution in [2.24, 2.45) is 5.73 Å². The minimum absolute atomic E-state index is 0.190. The zero-order valence-electron chi connectivity index (χ0n) is 8.70.